The summed E-state index contributed by atoms with van der Waals surface area (Å²) < 4.78 is 20.5. The lowest BCUT2D eigenvalue weighted by atomic mass is 9.93. The Hall–Kier alpha value is -2.94. The number of aryl methyl sites for hydroxylation is 1. The quantitative estimate of drug-likeness (QED) is 0.0831. The lowest BCUT2D eigenvalue weighted by molar-refractivity contribution is -0.147. The fourth-order valence-electron chi connectivity index (χ4n) is 5.38. The maximum atomic E-state index is 15.1. The second kappa shape index (κ2) is 17.8. The lowest BCUT2D eigenvalue weighted by Crippen LogP contribution is -2.34. The zero-order valence-corrected chi connectivity index (χ0v) is 25.7. The van der Waals surface area contributed by atoms with Gasteiger partial charge in [0, 0.05) is 0 Å². The molecule has 0 aliphatic carbocycles. The molecule has 3 aromatic carbocycles. The Labute approximate surface area is 248 Å². The number of alkyl halides is 1. The van der Waals surface area contributed by atoms with Crippen LogP contribution in [0.15, 0.2) is 72.8 Å². The van der Waals surface area contributed by atoms with E-state index in [9.17, 15) is 4.79 Å². The first-order valence-electron chi connectivity index (χ1n) is 16.1. The summed E-state index contributed by atoms with van der Waals surface area (Å²) >= 11 is 0. The Balaban J connectivity index is 1.55. The van der Waals surface area contributed by atoms with Crippen molar-refractivity contribution in [3.05, 3.63) is 78.4 Å². The van der Waals surface area contributed by atoms with Crippen molar-refractivity contribution in [2.75, 3.05) is 0 Å². The van der Waals surface area contributed by atoms with Crippen LogP contribution >= 0.6 is 0 Å². The first kappa shape index (κ1) is 32.6. The summed E-state index contributed by atoms with van der Waals surface area (Å²) in [7, 11) is 0. The van der Waals surface area contributed by atoms with Crippen molar-refractivity contribution in [1.29, 1.82) is 0 Å². The van der Waals surface area contributed by atoms with Gasteiger partial charge in [-0.2, -0.15) is 0 Å². The second-order valence-corrected chi connectivity index (χ2v) is 11.7. The second-order valence-electron chi connectivity index (χ2n) is 11.7. The first-order valence-corrected chi connectivity index (χ1v) is 16.1. The molecular weight excluding hydrogens is 507 g/mol. The molecule has 0 aromatic heterocycles. The molecule has 0 N–H and O–H groups in total. The summed E-state index contributed by atoms with van der Waals surface area (Å²) in [5, 5.41) is 0. The standard InChI is InChI=1S/C38H51FO2/c1-4-6-8-10-12-14-18-30-38(3,39)37(40)41-34-28-26-33(27-29-34)36-21-17-16-20-35(36)32-24-22-31(23-25-32)19-15-13-11-9-7-5-2/h16-17,20-29H,4-15,18-19,30H2,1-3H3. The van der Waals surface area contributed by atoms with Crippen LogP contribution in [-0.4, -0.2) is 11.6 Å². The van der Waals surface area contributed by atoms with E-state index in [-0.39, 0.29) is 6.42 Å². The zero-order chi connectivity index (χ0) is 29.3. The fraction of sp³-hybridized carbons (Fsp3) is 0.500. The van der Waals surface area contributed by atoms with Crippen LogP contribution in [0.4, 0.5) is 4.39 Å². The molecule has 0 heterocycles. The largest absolute Gasteiger partial charge is 0.424 e. The molecule has 3 aromatic rings. The first-order chi connectivity index (χ1) is 19.9. The van der Waals surface area contributed by atoms with Crippen molar-refractivity contribution in [2.24, 2.45) is 0 Å². The van der Waals surface area contributed by atoms with E-state index in [1.54, 1.807) is 12.1 Å². The SMILES string of the molecule is CCCCCCCCCC(C)(F)C(=O)Oc1ccc(-c2ccccc2-c2ccc(CCCCCCCC)cc2)cc1. The minimum Gasteiger partial charge on any atom is -0.424 e. The molecule has 2 nitrogen and oxygen atoms in total. The zero-order valence-electron chi connectivity index (χ0n) is 25.7. The molecule has 0 spiro atoms. The van der Waals surface area contributed by atoms with Crippen molar-refractivity contribution in [3.63, 3.8) is 0 Å². The average Bonchev–Trinajstić information content (AvgIpc) is 2.99. The van der Waals surface area contributed by atoms with Crippen molar-refractivity contribution in [2.45, 2.75) is 123 Å². The maximum absolute atomic E-state index is 15.1. The fourth-order valence-corrected chi connectivity index (χ4v) is 5.38. The van der Waals surface area contributed by atoms with Crippen molar-refractivity contribution in [1.82, 2.24) is 0 Å². The van der Waals surface area contributed by atoms with E-state index >= 15 is 4.39 Å². The molecule has 222 valence electrons. The monoisotopic (exact) mass is 558 g/mol. The van der Waals surface area contributed by atoms with Gasteiger partial charge in [0.1, 0.15) is 5.75 Å². The number of carbonyl (C=O) groups is 1. The summed E-state index contributed by atoms with van der Waals surface area (Å²) in [5.74, 6) is -0.434. The molecule has 3 rings (SSSR count). The van der Waals surface area contributed by atoms with E-state index in [1.165, 1.54) is 82.3 Å². The number of halogens is 1. The number of rotatable bonds is 19. The molecule has 0 radical (unpaired) electrons. The van der Waals surface area contributed by atoms with Gasteiger partial charge in [0.2, 0.25) is 5.67 Å². The Morgan fingerprint density at radius 2 is 1.10 bits per heavy atom. The minimum atomic E-state index is -1.98. The molecule has 0 aliphatic heterocycles. The summed E-state index contributed by atoms with van der Waals surface area (Å²) in [5.41, 5.74) is 3.90. The van der Waals surface area contributed by atoms with Gasteiger partial charge in [-0.25, -0.2) is 9.18 Å². The predicted molar refractivity (Wildman–Crippen MR) is 172 cm³/mol. The molecule has 0 saturated heterocycles. The highest BCUT2D eigenvalue weighted by Crippen LogP contribution is 2.33. The van der Waals surface area contributed by atoms with Gasteiger partial charge in [-0.1, -0.05) is 145 Å². The molecule has 0 bridgehead atoms. The van der Waals surface area contributed by atoms with E-state index in [0.29, 0.717) is 12.2 Å². The number of hydrogen-bond donors (Lipinski definition) is 0. The molecule has 1 unspecified atom stereocenters. The third kappa shape index (κ3) is 11.1. The smallest absolute Gasteiger partial charge is 0.348 e. The maximum Gasteiger partial charge on any atom is 0.348 e. The average molecular weight is 559 g/mol. The molecule has 0 amide bonds. The summed E-state index contributed by atoms with van der Waals surface area (Å²) in [6.07, 6.45) is 16.8. The number of carbonyl (C=O) groups excluding carboxylic acids is 1. The van der Waals surface area contributed by atoms with Gasteiger partial charge >= 0.3 is 5.97 Å². The van der Waals surface area contributed by atoms with Crippen LogP contribution in [-0.2, 0) is 11.2 Å². The number of ether oxygens (including phenoxy) is 1. The minimum absolute atomic E-state index is 0.197. The van der Waals surface area contributed by atoms with Crippen molar-refractivity contribution < 1.29 is 13.9 Å². The van der Waals surface area contributed by atoms with Gasteiger partial charge in [-0.3, -0.25) is 0 Å². The van der Waals surface area contributed by atoms with Crippen LogP contribution in [0.1, 0.15) is 116 Å². The van der Waals surface area contributed by atoms with Crippen molar-refractivity contribution in [3.8, 4) is 28.0 Å². The molecule has 0 fully saturated rings. The summed E-state index contributed by atoms with van der Waals surface area (Å²) in [6, 6.07) is 24.7. The van der Waals surface area contributed by atoms with E-state index in [2.05, 4.69) is 56.3 Å². The molecule has 0 saturated carbocycles. The van der Waals surface area contributed by atoms with Crippen LogP contribution < -0.4 is 4.74 Å². The third-order valence-corrected chi connectivity index (χ3v) is 8.06. The van der Waals surface area contributed by atoms with E-state index in [4.69, 9.17) is 4.74 Å². The van der Waals surface area contributed by atoms with Crippen molar-refractivity contribution >= 4 is 5.97 Å². The molecule has 1 atom stereocenters. The Morgan fingerprint density at radius 1 is 0.634 bits per heavy atom. The Kier molecular flexibility index (Phi) is 14.1. The van der Waals surface area contributed by atoms with E-state index in [0.717, 1.165) is 36.0 Å². The highest BCUT2D eigenvalue weighted by atomic mass is 19.1. The van der Waals surface area contributed by atoms with E-state index in [1.807, 2.05) is 18.2 Å². The Bertz CT molecular complexity index is 1150. The number of esters is 1. The van der Waals surface area contributed by atoms with Gasteiger partial charge < -0.3 is 4.74 Å². The molecule has 3 heteroatoms. The van der Waals surface area contributed by atoms with Gasteiger partial charge in [-0.15, -0.1) is 0 Å². The third-order valence-electron chi connectivity index (χ3n) is 8.06. The van der Waals surface area contributed by atoms with Gasteiger partial charge in [0.15, 0.2) is 0 Å². The molecular formula is C38H51FO2. The van der Waals surface area contributed by atoms with Gasteiger partial charge in [0.25, 0.3) is 0 Å². The van der Waals surface area contributed by atoms with Crippen LogP contribution in [0.25, 0.3) is 22.3 Å². The van der Waals surface area contributed by atoms with Gasteiger partial charge in [0.05, 0.1) is 0 Å². The van der Waals surface area contributed by atoms with Crippen LogP contribution in [0, 0.1) is 0 Å². The normalized spacial score (nSPS) is 12.7. The Morgan fingerprint density at radius 3 is 1.63 bits per heavy atom. The number of unbranched alkanes of at least 4 members (excludes halogenated alkanes) is 11. The lowest BCUT2D eigenvalue weighted by Gasteiger charge is -2.18. The predicted octanol–water partition coefficient (Wildman–Crippen LogP) is 11.7. The summed E-state index contributed by atoms with van der Waals surface area (Å²) in [4.78, 5) is 12.6. The number of benzene rings is 3. The van der Waals surface area contributed by atoms with Crippen LogP contribution in [0.2, 0.25) is 0 Å². The van der Waals surface area contributed by atoms with Crippen LogP contribution in [0.3, 0.4) is 0 Å². The highest BCUT2D eigenvalue weighted by molar-refractivity contribution is 5.84. The number of hydrogen-bond acceptors (Lipinski definition) is 2. The molecule has 0 aliphatic rings. The molecule has 41 heavy (non-hydrogen) atoms. The van der Waals surface area contributed by atoms with Gasteiger partial charge in [-0.05, 0) is 72.6 Å². The van der Waals surface area contributed by atoms with Crippen LogP contribution in [0.5, 0.6) is 5.75 Å². The topological polar surface area (TPSA) is 26.3 Å². The van der Waals surface area contributed by atoms with E-state index < -0.39 is 11.6 Å². The summed E-state index contributed by atoms with van der Waals surface area (Å²) in [6.45, 7) is 5.80. The highest BCUT2D eigenvalue weighted by Gasteiger charge is 2.34.